The van der Waals surface area contributed by atoms with E-state index in [1.165, 1.54) is 13.8 Å². The number of hydrogen-bond donors (Lipinski definition) is 10. The molecule has 3 heterocycles. The number of thioether (sulfide) groups is 1. The van der Waals surface area contributed by atoms with E-state index >= 15 is 0 Å². The van der Waals surface area contributed by atoms with Gasteiger partial charge < -0.3 is 56.6 Å². The lowest BCUT2D eigenvalue weighted by Crippen LogP contribution is -2.46. The highest BCUT2D eigenvalue weighted by Gasteiger charge is 2.50. The number of Topliss-reactive ketones (excluding diaryl/α,β-unsaturated/α-hetero) is 1. The number of nitrogens with zero attached hydrogens (tertiary/aromatic N) is 4. The normalized spacial score (nSPS) is 21.8. The smallest absolute Gasteiger partial charge is 0.386 e. The summed E-state index contributed by atoms with van der Waals surface area (Å²) in [5.41, 5.74) is 9.81. The molecule has 0 saturated carbocycles. The van der Waals surface area contributed by atoms with Crippen LogP contribution >= 0.6 is 35.2 Å². The number of amides is 2. The zero-order valence-corrected chi connectivity index (χ0v) is 34.8. The number of aromatic nitrogens is 4. The van der Waals surface area contributed by atoms with Crippen molar-refractivity contribution in [3.05, 3.63) is 12.7 Å². The Bertz CT molecular complexity index is 1920. The van der Waals surface area contributed by atoms with Gasteiger partial charge in [0.2, 0.25) is 11.8 Å². The molecule has 2 amide bonds. The second-order valence-electron chi connectivity index (χ2n) is 13.5. The molecule has 26 nitrogen and oxygen atoms in total. The second kappa shape index (κ2) is 21.1. The number of nitrogen functional groups attached to an aromatic ring is 1. The van der Waals surface area contributed by atoms with E-state index in [0.29, 0.717) is 6.42 Å². The topological polar surface area (TPSA) is 407 Å². The van der Waals surface area contributed by atoms with Gasteiger partial charge in [-0.05, 0) is 13.3 Å². The van der Waals surface area contributed by atoms with Crippen LogP contribution in [-0.4, -0.2) is 135 Å². The molecular formula is C28H47N8O18P3S. The number of hydrogen-bond acceptors (Lipinski definition) is 20. The Morgan fingerprint density at radius 3 is 2.36 bits per heavy atom. The molecule has 1 aliphatic heterocycles. The lowest BCUT2D eigenvalue weighted by molar-refractivity contribution is -0.137. The molecule has 1 aliphatic rings. The lowest BCUT2D eigenvalue weighted by Gasteiger charge is -2.30. The van der Waals surface area contributed by atoms with Crippen LogP contribution in [0, 0.1) is 5.41 Å². The SMILES string of the molecule is CC(N)CCC(=O)CC(=O)SCCNC(=O)CCNC(=O)[C@H](O)C(C)(C)COP(=O)(O)OP(=O)(O)OC[C@H]1O[C@@H](n2cnc3c(N)ncnc32)[C@H](O)[C@@H]1OP(=O)(O)O. The summed E-state index contributed by atoms with van der Waals surface area (Å²) < 4.78 is 62.1. The van der Waals surface area contributed by atoms with Crippen molar-refractivity contribution < 1.29 is 85.3 Å². The van der Waals surface area contributed by atoms with E-state index in [0.717, 1.165) is 29.0 Å². The molecule has 3 rings (SSSR count). The predicted octanol–water partition coefficient (Wildman–Crippen LogP) is -1.25. The van der Waals surface area contributed by atoms with Gasteiger partial charge in [-0.15, -0.1) is 0 Å². The first-order valence-corrected chi connectivity index (χ1v) is 22.6. The first-order chi connectivity index (χ1) is 26.8. The monoisotopic (exact) mass is 908 g/mol. The molecule has 3 unspecified atom stereocenters. The number of aliphatic hydroxyl groups excluding tert-OH is 2. The van der Waals surface area contributed by atoms with Crippen LogP contribution in [0.4, 0.5) is 5.82 Å². The van der Waals surface area contributed by atoms with Crippen LogP contribution in [0.5, 0.6) is 0 Å². The number of ether oxygens (including phenoxy) is 1. The lowest BCUT2D eigenvalue weighted by atomic mass is 9.87. The first kappa shape index (κ1) is 49.6. The van der Waals surface area contributed by atoms with E-state index < -0.39 is 84.6 Å². The van der Waals surface area contributed by atoms with Crippen LogP contribution < -0.4 is 22.1 Å². The Hall–Kier alpha value is -2.81. The molecule has 12 N–H and O–H groups in total. The van der Waals surface area contributed by atoms with Crippen LogP contribution in [-0.2, 0) is 55.5 Å². The number of phosphoric acid groups is 3. The largest absolute Gasteiger partial charge is 0.481 e. The molecule has 30 heteroatoms. The molecule has 58 heavy (non-hydrogen) atoms. The molecule has 0 aromatic carbocycles. The minimum absolute atomic E-state index is 0.0223. The highest BCUT2D eigenvalue weighted by Crippen LogP contribution is 2.61. The fourth-order valence-corrected chi connectivity index (χ4v) is 8.51. The van der Waals surface area contributed by atoms with Gasteiger partial charge in [-0.2, -0.15) is 4.31 Å². The Morgan fingerprint density at radius 1 is 1.03 bits per heavy atom. The Kier molecular flexibility index (Phi) is 18.0. The number of imidazole rings is 1. The van der Waals surface area contributed by atoms with Gasteiger partial charge >= 0.3 is 23.5 Å². The van der Waals surface area contributed by atoms with Gasteiger partial charge in [-0.3, -0.25) is 37.3 Å². The predicted molar refractivity (Wildman–Crippen MR) is 200 cm³/mol. The third-order valence-corrected chi connectivity index (χ3v) is 12.0. The quantitative estimate of drug-likeness (QED) is 0.0334. The maximum Gasteiger partial charge on any atom is 0.481 e. The van der Waals surface area contributed by atoms with E-state index in [9.17, 15) is 62.7 Å². The van der Waals surface area contributed by atoms with Gasteiger partial charge in [-0.25, -0.2) is 28.6 Å². The standard InChI is InChI=1S/C28H47N8O18P3S/c1-15(29)4-5-16(37)10-19(39)58-9-8-31-18(38)6-7-32-26(42)23(41)28(2,3)12-51-57(48,49)54-56(46,47)50-11-17-22(53-55(43,44)45)21(40)27(52-17)36-14-35-20-24(30)33-13-34-25(20)36/h13-15,17,21-23,27,40-41H,4-12,29H2,1-3H3,(H,31,38)(H,32,42)(H,46,47)(H,48,49)(H2,30,33,34)(H2,43,44,45)/t15?,17-,21-,22-,23+,27-/m1/s1. The number of nitrogens with one attached hydrogen (secondary N) is 2. The average molecular weight is 909 g/mol. The van der Waals surface area contributed by atoms with Crippen molar-refractivity contribution in [2.75, 3.05) is 37.8 Å². The van der Waals surface area contributed by atoms with E-state index in [1.54, 1.807) is 6.92 Å². The van der Waals surface area contributed by atoms with Gasteiger partial charge in [0.05, 0.1) is 26.0 Å². The molecule has 0 bridgehead atoms. The van der Waals surface area contributed by atoms with Gasteiger partial charge in [-0.1, -0.05) is 25.6 Å². The number of nitrogens with two attached hydrogens (primary N) is 2. The fourth-order valence-electron chi connectivity index (χ4n) is 4.98. The molecule has 2 aromatic heterocycles. The Balaban J connectivity index is 1.45. The van der Waals surface area contributed by atoms with Crippen molar-refractivity contribution in [3.8, 4) is 0 Å². The summed E-state index contributed by atoms with van der Waals surface area (Å²) in [6.45, 7) is 2.02. The van der Waals surface area contributed by atoms with Crippen molar-refractivity contribution in [1.82, 2.24) is 30.2 Å². The zero-order valence-electron chi connectivity index (χ0n) is 31.3. The molecule has 0 spiro atoms. The summed E-state index contributed by atoms with van der Waals surface area (Å²) in [7, 11) is -16.4. The van der Waals surface area contributed by atoms with E-state index in [4.69, 9.17) is 25.3 Å². The minimum Gasteiger partial charge on any atom is -0.386 e. The Labute approximate surface area is 334 Å². The minimum atomic E-state index is -5.59. The maximum absolute atomic E-state index is 12.7. The molecular weight excluding hydrogens is 861 g/mol. The second-order valence-corrected chi connectivity index (χ2v) is 18.9. The van der Waals surface area contributed by atoms with Crippen LogP contribution in [0.25, 0.3) is 11.2 Å². The highest BCUT2D eigenvalue weighted by atomic mass is 32.2. The third-order valence-electron chi connectivity index (χ3n) is 7.98. The third kappa shape index (κ3) is 15.7. The molecule has 0 aliphatic carbocycles. The van der Waals surface area contributed by atoms with Gasteiger partial charge in [0, 0.05) is 43.1 Å². The van der Waals surface area contributed by atoms with E-state index in [1.807, 2.05) is 0 Å². The van der Waals surface area contributed by atoms with Crippen molar-refractivity contribution in [2.24, 2.45) is 11.1 Å². The van der Waals surface area contributed by atoms with Gasteiger partial charge in [0.15, 0.2) is 22.8 Å². The number of rotatable bonds is 24. The van der Waals surface area contributed by atoms with Crippen LogP contribution in [0.3, 0.4) is 0 Å². The average Bonchev–Trinajstić information content (AvgIpc) is 3.67. The summed E-state index contributed by atoms with van der Waals surface area (Å²) in [6, 6.07) is -0.157. The molecule has 1 saturated heterocycles. The van der Waals surface area contributed by atoms with Crippen molar-refractivity contribution in [1.29, 1.82) is 0 Å². The molecule has 1 fully saturated rings. The maximum atomic E-state index is 12.7. The fraction of sp³-hybridized carbons (Fsp3) is 0.679. The molecule has 0 radical (unpaired) electrons. The number of phosphoric ester groups is 3. The summed E-state index contributed by atoms with van der Waals surface area (Å²) in [5, 5.41) is 25.9. The zero-order chi connectivity index (χ0) is 43.6. The van der Waals surface area contributed by atoms with E-state index in [2.05, 4.69) is 34.4 Å². The number of aliphatic hydroxyl groups is 2. The van der Waals surface area contributed by atoms with Crippen molar-refractivity contribution in [2.45, 2.75) is 83.1 Å². The number of ketones is 1. The van der Waals surface area contributed by atoms with Gasteiger partial charge in [0.25, 0.3) is 0 Å². The van der Waals surface area contributed by atoms with Crippen molar-refractivity contribution in [3.63, 3.8) is 0 Å². The Morgan fingerprint density at radius 2 is 1.71 bits per heavy atom. The van der Waals surface area contributed by atoms with E-state index in [-0.39, 0.29) is 72.0 Å². The molecule has 328 valence electrons. The van der Waals surface area contributed by atoms with Crippen molar-refractivity contribution >= 4 is 74.9 Å². The summed E-state index contributed by atoms with van der Waals surface area (Å²) in [5.74, 6) is -1.58. The first-order valence-electron chi connectivity index (χ1n) is 17.1. The van der Waals surface area contributed by atoms with Crippen LogP contribution in [0.2, 0.25) is 0 Å². The summed E-state index contributed by atoms with van der Waals surface area (Å²) >= 11 is 0.881. The van der Waals surface area contributed by atoms with Gasteiger partial charge in [0.1, 0.15) is 42.0 Å². The number of carbonyl (C=O) groups excluding carboxylic acids is 4. The molecule has 2 aromatic rings. The summed E-state index contributed by atoms with van der Waals surface area (Å²) in [6.07, 6.45) is -6.63. The van der Waals surface area contributed by atoms with Crippen LogP contribution in [0.1, 0.15) is 52.7 Å². The highest BCUT2D eigenvalue weighted by molar-refractivity contribution is 8.13. The molecule has 8 atom stereocenters. The summed E-state index contributed by atoms with van der Waals surface area (Å²) in [4.78, 5) is 99.3. The number of anilines is 1. The number of carbonyl (C=O) groups is 4. The number of fused-ring (bicyclic) bond motifs is 1. The van der Waals surface area contributed by atoms with Crippen LogP contribution in [0.15, 0.2) is 12.7 Å².